The first-order chi connectivity index (χ1) is 11.0. The van der Waals surface area contributed by atoms with Crippen molar-refractivity contribution in [1.82, 2.24) is 10.0 Å². The lowest BCUT2D eigenvalue weighted by Gasteiger charge is -2.21. The Kier molecular flexibility index (Phi) is 6.33. The predicted octanol–water partition coefficient (Wildman–Crippen LogP) is 0.675. The van der Waals surface area contributed by atoms with Gasteiger partial charge in [0.1, 0.15) is 17.2 Å². The van der Waals surface area contributed by atoms with Crippen LogP contribution in [0.25, 0.3) is 0 Å². The number of ether oxygens (including phenoxy) is 2. The molecule has 24 heavy (non-hydrogen) atoms. The maximum Gasteiger partial charge on any atom is 0.325 e. The van der Waals surface area contributed by atoms with Gasteiger partial charge in [-0.1, -0.05) is 0 Å². The van der Waals surface area contributed by atoms with Crippen molar-refractivity contribution in [3.8, 4) is 5.75 Å². The maximum atomic E-state index is 12.5. The SMILES string of the molecule is COC(=O)CNC(=O)c1ccc(OC)c(S(=O)(=O)NC(C)(C)C)c1. The molecule has 0 aromatic heterocycles. The Bertz CT molecular complexity index is 722. The Labute approximate surface area is 141 Å². The van der Waals surface area contributed by atoms with Crippen molar-refractivity contribution in [2.75, 3.05) is 20.8 Å². The smallest absolute Gasteiger partial charge is 0.325 e. The van der Waals surface area contributed by atoms with Crippen LogP contribution >= 0.6 is 0 Å². The molecule has 1 amide bonds. The fourth-order valence-electron chi connectivity index (χ4n) is 1.81. The van der Waals surface area contributed by atoms with Crippen LogP contribution in [0.2, 0.25) is 0 Å². The lowest BCUT2D eigenvalue weighted by Crippen LogP contribution is -2.40. The second kappa shape index (κ2) is 7.63. The van der Waals surface area contributed by atoms with E-state index >= 15 is 0 Å². The van der Waals surface area contributed by atoms with Crippen LogP contribution in [0.4, 0.5) is 0 Å². The number of carbonyl (C=O) groups excluding carboxylic acids is 2. The highest BCUT2D eigenvalue weighted by Gasteiger charge is 2.26. The summed E-state index contributed by atoms with van der Waals surface area (Å²) in [4.78, 5) is 23.0. The van der Waals surface area contributed by atoms with E-state index in [0.717, 1.165) is 0 Å². The van der Waals surface area contributed by atoms with E-state index in [2.05, 4.69) is 14.8 Å². The molecule has 0 fully saturated rings. The quantitative estimate of drug-likeness (QED) is 0.723. The highest BCUT2D eigenvalue weighted by atomic mass is 32.2. The zero-order valence-corrected chi connectivity index (χ0v) is 15.1. The molecule has 0 atom stereocenters. The van der Waals surface area contributed by atoms with Gasteiger partial charge in [-0.3, -0.25) is 9.59 Å². The monoisotopic (exact) mass is 358 g/mol. The molecule has 8 nitrogen and oxygen atoms in total. The van der Waals surface area contributed by atoms with E-state index in [1.165, 1.54) is 32.4 Å². The van der Waals surface area contributed by atoms with E-state index in [4.69, 9.17) is 4.74 Å². The summed E-state index contributed by atoms with van der Waals surface area (Å²) in [6.07, 6.45) is 0. The van der Waals surface area contributed by atoms with Crippen molar-refractivity contribution in [2.24, 2.45) is 0 Å². The minimum absolute atomic E-state index is 0.0778. The molecule has 0 bridgehead atoms. The number of sulfonamides is 1. The Hall–Kier alpha value is -2.13. The van der Waals surface area contributed by atoms with Crippen LogP contribution in [0, 0.1) is 0 Å². The third kappa shape index (κ3) is 5.50. The summed E-state index contributed by atoms with van der Waals surface area (Å²) in [7, 11) is -1.36. The van der Waals surface area contributed by atoms with Gasteiger partial charge >= 0.3 is 5.97 Å². The molecule has 0 saturated heterocycles. The van der Waals surface area contributed by atoms with E-state index in [1.54, 1.807) is 20.8 Å². The average molecular weight is 358 g/mol. The molecule has 0 unspecified atom stereocenters. The van der Waals surface area contributed by atoms with Crippen molar-refractivity contribution in [1.29, 1.82) is 0 Å². The van der Waals surface area contributed by atoms with Gasteiger partial charge in [0, 0.05) is 11.1 Å². The first kappa shape index (κ1) is 19.9. The van der Waals surface area contributed by atoms with Crippen LogP contribution in [-0.4, -0.2) is 46.6 Å². The molecule has 0 saturated carbocycles. The number of hydrogen-bond acceptors (Lipinski definition) is 6. The molecule has 0 radical (unpaired) electrons. The molecule has 134 valence electrons. The number of methoxy groups -OCH3 is 2. The second-order valence-corrected chi connectivity index (χ2v) is 7.63. The molecule has 0 spiro atoms. The van der Waals surface area contributed by atoms with Gasteiger partial charge in [-0.2, -0.15) is 0 Å². The maximum absolute atomic E-state index is 12.5. The Morgan fingerprint density at radius 3 is 2.29 bits per heavy atom. The third-order valence-electron chi connectivity index (χ3n) is 2.78. The van der Waals surface area contributed by atoms with E-state index < -0.39 is 27.4 Å². The largest absolute Gasteiger partial charge is 0.495 e. The fourth-order valence-corrected chi connectivity index (χ4v) is 3.43. The number of carbonyl (C=O) groups is 2. The molecule has 1 aromatic carbocycles. The van der Waals surface area contributed by atoms with Crippen molar-refractivity contribution in [3.63, 3.8) is 0 Å². The van der Waals surface area contributed by atoms with Crippen LogP contribution < -0.4 is 14.8 Å². The van der Waals surface area contributed by atoms with Gasteiger partial charge in [-0.15, -0.1) is 0 Å². The zero-order chi connectivity index (χ0) is 18.5. The highest BCUT2D eigenvalue weighted by molar-refractivity contribution is 7.89. The number of amides is 1. The molecule has 0 heterocycles. The first-order valence-corrected chi connectivity index (χ1v) is 8.55. The number of esters is 1. The number of benzene rings is 1. The minimum atomic E-state index is -3.90. The molecule has 9 heteroatoms. The summed E-state index contributed by atoms with van der Waals surface area (Å²) in [5, 5.41) is 2.34. The standard InChI is InChI=1S/C15H22N2O6S/c1-15(2,3)17-24(20,21)12-8-10(6-7-11(12)22-4)14(19)16-9-13(18)23-5/h6-8,17H,9H2,1-5H3,(H,16,19). The summed E-state index contributed by atoms with van der Waals surface area (Å²) in [5.41, 5.74) is -0.624. The van der Waals surface area contributed by atoms with Gasteiger partial charge < -0.3 is 14.8 Å². The zero-order valence-electron chi connectivity index (χ0n) is 14.3. The van der Waals surface area contributed by atoms with Gasteiger partial charge in [0.15, 0.2) is 0 Å². The summed E-state index contributed by atoms with van der Waals surface area (Å²) in [5.74, 6) is -1.11. The average Bonchev–Trinajstić information content (AvgIpc) is 2.49. The van der Waals surface area contributed by atoms with E-state index in [0.29, 0.717) is 0 Å². The van der Waals surface area contributed by atoms with Crippen molar-refractivity contribution in [2.45, 2.75) is 31.2 Å². The van der Waals surface area contributed by atoms with Crippen LogP contribution in [0.3, 0.4) is 0 Å². The Morgan fingerprint density at radius 2 is 1.79 bits per heavy atom. The van der Waals surface area contributed by atoms with Crippen molar-refractivity contribution >= 4 is 21.9 Å². The molecule has 1 rings (SSSR count). The first-order valence-electron chi connectivity index (χ1n) is 7.07. The van der Waals surface area contributed by atoms with E-state index in [9.17, 15) is 18.0 Å². The Balaban J connectivity index is 3.17. The molecule has 0 aliphatic rings. The molecule has 2 N–H and O–H groups in total. The molecule has 0 aliphatic carbocycles. The lowest BCUT2D eigenvalue weighted by atomic mass is 10.1. The number of nitrogens with one attached hydrogen (secondary N) is 2. The van der Waals surface area contributed by atoms with Crippen LogP contribution in [0.1, 0.15) is 31.1 Å². The van der Waals surface area contributed by atoms with Crippen LogP contribution in [0.5, 0.6) is 5.75 Å². The van der Waals surface area contributed by atoms with Crippen LogP contribution in [-0.2, 0) is 19.6 Å². The lowest BCUT2D eigenvalue weighted by molar-refractivity contribution is -0.139. The second-order valence-electron chi connectivity index (χ2n) is 5.98. The fraction of sp³-hybridized carbons (Fsp3) is 0.467. The summed E-state index contributed by atoms with van der Waals surface area (Å²) in [6, 6.07) is 3.98. The predicted molar refractivity (Wildman–Crippen MR) is 87.4 cm³/mol. The van der Waals surface area contributed by atoms with Crippen LogP contribution in [0.15, 0.2) is 23.1 Å². The summed E-state index contributed by atoms with van der Waals surface area (Å²) < 4.78 is 37.0. The van der Waals surface area contributed by atoms with E-state index in [-0.39, 0.29) is 22.8 Å². The van der Waals surface area contributed by atoms with E-state index in [1.807, 2.05) is 0 Å². The molecular formula is C15H22N2O6S. The Morgan fingerprint density at radius 1 is 1.17 bits per heavy atom. The van der Waals surface area contributed by atoms with Gasteiger partial charge in [-0.05, 0) is 39.0 Å². The third-order valence-corrected chi connectivity index (χ3v) is 4.56. The molecule has 1 aromatic rings. The van der Waals surface area contributed by atoms with Gasteiger partial charge in [0.25, 0.3) is 5.91 Å². The van der Waals surface area contributed by atoms with Crippen molar-refractivity contribution in [3.05, 3.63) is 23.8 Å². The summed E-state index contributed by atoms with van der Waals surface area (Å²) >= 11 is 0. The van der Waals surface area contributed by atoms with Gasteiger partial charge in [-0.25, -0.2) is 13.1 Å². The molecular weight excluding hydrogens is 336 g/mol. The number of hydrogen-bond donors (Lipinski definition) is 2. The van der Waals surface area contributed by atoms with Crippen molar-refractivity contribution < 1.29 is 27.5 Å². The number of rotatable bonds is 6. The van der Waals surface area contributed by atoms with Gasteiger partial charge in [0.05, 0.1) is 14.2 Å². The summed E-state index contributed by atoms with van der Waals surface area (Å²) in [6.45, 7) is 4.78. The normalized spacial score (nSPS) is 11.7. The topological polar surface area (TPSA) is 111 Å². The highest BCUT2D eigenvalue weighted by Crippen LogP contribution is 2.26. The van der Waals surface area contributed by atoms with Gasteiger partial charge in [0.2, 0.25) is 10.0 Å². The minimum Gasteiger partial charge on any atom is -0.495 e. The molecule has 0 aliphatic heterocycles.